The molecule has 0 N–H and O–H groups in total. The van der Waals surface area contributed by atoms with E-state index in [4.69, 9.17) is 18.9 Å². The molecule has 9 nitrogen and oxygen atoms in total. The Balaban J connectivity index is 1.28. The Morgan fingerprint density at radius 2 is 0.750 bits per heavy atom. The maximum absolute atomic E-state index is 14.3. The van der Waals surface area contributed by atoms with Crippen LogP contribution in [0.2, 0.25) is 0 Å². The molecule has 0 spiro atoms. The number of rotatable bonds is 12. The predicted octanol–water partition coefficient (Wildman–Crippen LogP) is 6.69. The number of benzene rings is 5. The molecule has 0 unspecified atom stereocenters. The monoisotopic (exact) mass is 692 g/mol. The molecule has 6 rings (SSSR count). The number of carbonyl (C=O) groups is 5. The van der Waals surface area contributed by atoms with Crippen molar-refractivity contribution in [2.75, 3.05) is 7.11 Å². The van der Waals surface area contributed by atoms with Gasteiger partial charge in [0.25, 0.3) is 0 Å². The van der Waals surface area contributed by atoms with E-state index >= 15 is 0 Å². The molecule has 9 heteroatoms. The number of ether oxygens (including phenoxy) is 4. The number of hydrogen-bond donors (Lipinski definition) is 0. The summed E-state index contributed by atoms with van der Waals surface area (Å²) in [4.78, 5) is 66.7. The first-order valence-electron chi connectivity index (χ1n) is 16.4. The van der Waals surface area contributed by atoms with Gasteiger partial charge in [0.15, 0.2) is 11.5 Å². The summed E-state index contributed by atoms with van der Waals surface area (Å²) >= 11 is 0. The maximum Gasteiger partial charge on any atom is 0.315 e. The third-order valence-electron chi connectivity index (χ3n) is 8.06. The smallest absolute Gasteiger partial charge is 0.315 e. The third-order valence-corrected chi connectivity index (χ3v) is 8.06. The molecule has 0 heterocycles. The van der Waals surface area contributed by atoms with Gasteiger partial charge in [-0.2, -0.15) is 0 Å². The first-order valence-corrected chi connectivity index (χ1v) is 16.4. The molecule has 0 atom stereocenters. The molecule has 0 amide bonds. The Morgan fingerprint density at radius 3 is 1.12 bits per heavy atom. The van der Waals surface area contributed by atoms with Crippen molar-refractivity contribution in [1.29, 1.82) is 0 Å². The minimum atomic E-state index is -0.764. The van der Waals surface area contributed by atoms with E-state index in [2.05, 4.69) is 0 Å². The van der Waals surface area contributed by atoms with Crippen LogP contribution in [0.1, 0.15) is 27.8 Å². The zero-order valence-corrected chi connectivity index (χ0v) is 28.1. The standard InChI is InChI=1S/C43H32O9/c1-49-42-38(31-17-21-33(22-18-31)50-35(44)25-28-11-5-2-6-12-28)41(48)43(52-37(46)27-30-15-9-4-10-16-30)39(40(42)47)32-19-23-34(24-20-32)51-36(45)26-29-13-7-3-8-14-29/h2-24H,25-27H2,1H3. The number of methoxy groups -OCH3 is 1. The Labute approximate surface area is 299 Å². The van der Waals surface area contributed by atoms with E-state index < -0.39 is 35.2 Å². The van der Waals surface area contributed by atoms with Crippen molar-refractivity contribution in [1.82, 2.24) is 0 Å². The summed E-state index contributed by atoms with van der Waals surface area (Å²) in [6.07, 6.45) is -0.0321. The highest BCUT2D eigenvalue weighted by Gasteiger charge is 2.39. The van der Waals surface area contributed by atoms with Crippen LogP contribution in [0, 0.1) is 0 Å². The van der Waals surface area contributed by atoms with Crippen LogP contribution in [0.15, 0.2) is 151 Å². The Bertz CT molecular complexity index is 2170. The molecular weight excluding hydrogens is 660 g/mol. The molecule has 0 saturated heterocycles. The summed E-state index contributed by atoms with van der Waals surface area (Å²) < 4.78 is 22.2. The van der Waals surface area contributed by atoms with Crippen LogP contribution >= 0.6 is 0 Å². The number of Topliss-reactive ketones (excluding diaryl/α,β-unsaturated/α-hetero) is 2. The van der Waals surface area contributed by atoms with Crippen molar-refractivity contribution in [3.8, 4) is 11.5 Å². The molecule has 258 valence electrons. The fourth-order valence-corrected chi connectivity index (χ4v) is 5.63. The van der Waals surface area contributed by atoms with Crippen LogP contribution in [0.5, 0.6) is 11.5 Å². The lowest BCUT2D eigenvalue weighted by Gasteiger charge is -2.23. The van der Waals surface area contributed by atoms with Crippen LogP contribution in [-0.2, 0) is 52.7 Å². The second-order valence-corrected chi connectivity index (χ2v) is 11.7. The summed E-state index contributed by atoms with van der Waals surface area (Å²) in [5.41, 5.74) is 2.41. The molecule has 0 saturated carbocycles. The van der Waals surface area contributed by atoms with Gasteiger partial charge >= 0.3 is 17.9 Å². The largest absolute Gasteiger partial charge is 0.492 e. The fourth-order valence-electron chi connectivity index (χ4n) is 5.63. The van der Waals surface area contributed by atoms with Crippen LogP contribution in [-0.4, -0.2) is 36.6 Å². The lowest BCUT2D eigenvalue weighted by atomic mass is 9.86. The average Bonchev–Trinajstić information content (AvgIpc) is 3.15. The highest BCUT2D eigenvalue weighted by molar-refractivity contribution is 6.47. The lowest BCUT2D eigenvalue weighted by Crippen LogP contribution is -2.27. The second kappa shape index (κ2) is 16.2. The summed E-state index contributed by atoms with van der Waals surface area (Å²) in [6.45, 7) is 0. The van der Waals surface area contributed by atoms with Gasteiger partial charge in [0, 0.05) is 0 Å². The van der Waals surface area contributed by atoms with Gasteiger partial charge in [0.05, 0.1) is 37.5 Å². The average molecular weight is 693 g/mol. The molecule has 0 aromatic heterocycles. The maximum atomic E-state index is 14.3. The van der Waals surface area contributed by atoms with Crippen molar-refractivity contribution >= 4 is 40.6 Å². The van der Waals surface area contributed by atoms with Crippen molar-refractivity contribution in [2.24, 2.45) is 0 Å². The van der Waals surface area contributed by atoms with E-state index in [1.54, 1.807) is 30.3 Å². The number of allylic oxidation sites excluding steroid dienone is 2. The van der Waals surface area contributed by atoms with E-state index in [0.717, 1.165) is 11.1 Å². The highest BCUT2D eigenvalue weighted by atomic mass is 16.5. The van der Waals surface area contributed by atoms with Crippen molar-refractivity contribution in [3.05, 3.63) is 179 Å². The minimum Gasteiger partial charge on any atom is -0.492 e. The lowest BCUT2D eigenvalue weighted by molar-refractivity contribution is -0.141. The van der Waals surface area contributed by atoms with Gasteiger partial charge < -0.3 is 18.9 Å². The van der Waals surface area contributed by atoms with E-state index in [1.165, 1.54) is 55.6 Å². The van der Waals surface area contributed by atoms with Crippen LogP contribution in [0.3, 0.4) is 0 Å². The molecule has 0 bridgehead atoms. The number of ketones is 2. The first kappa shape index (κ1) is 35.0. The van der Waals surface area contributed by atoms with Crippen LogP contribution in [0.4, 0.5) is 0 Å². The van der Waals surface area contributed by atoms with Gasteiger partial charge in [-0.15, -0.1) is 0 Å². The van der Waals surface area contributed by atoms with E-state index in [0.29, 0.717) is 5.56 Å². The number of carbonyl (C=O) groups excluding carboxylic acids is 5. The normalized spacial score (nSPS) is 12.7. The molecule has 5 aromatic rings. The molecule has 1 aliphatic carbocycles. The Hall–Kier alpha value is -6.87. The molecule has 0 aliphatic heterocycles. The van der Waals surface area contributed by atoms with Crippen molar-refractivity contribution < 1.29 is 42.9 Å². The summed E-state index contributed by atoms with van der Waals surface area (Å²) in [6, 6.07) is 39.1. The molecular formula is C43H32O9. The van der Waals surface area contributed by atoms with E-state index in [-0.39, 0.29) is 58.8 Å². The minimum absolute atomic E-state index is 0.0596. The predicted molar refractivity (Wildman–Crippen MR) is 192 cm³/mol. The fraction of sp³-hybridized carbons (Fsp3) is 0.0930. The zero-order chi connectivity index (χ0) is 36.5. The Morgan fingerprint density at radius 1 is 0.423 bits per heavy atom. The Kier molecular flexibility index (Phi) is 10.9. The second-order valence-electron chi connectivity index (χ2n) is 11.7. The third kappa shape index (κ3) is 8.46. The van der Waals surface area contributed by atoms with Crippen LogP contribution in [0.25, 0.3) is 11.1 Å². The number of hydrogen-bond acceptors (Lipinski definition) is 9. The number of esters is 3. The quantitative estimate of drug-likeness (QED) is 0.0800. The van der Waals surface area contributed by atoms with Gasteiger partial charge in [-0.05, 0) is 52.1 Å². The van der Waals surface area contributed by atoms with Gasteiger partial charge in [-0.25, -0.2) is 0 Å². The SMILES string of the molecule is COC1=C(c2ccc(OC(=O)Cc3ccccc3)cc2)C(=O)C(OC(=O)Cc2ccccc2)=C(c2ccc(OC(=O)Cc3ccccc3)cc2)C1=O. The molecule has 52 heavy (non-hydrogen) atoms. The van der Waals surface area contributed by atoms with Gasteiger partial charge in [-0.1, -0.05) is 115 Å². The molecule has 5 aromatic carbocycles. The molecule has 0 fully saturated rings. The molecule has 1 aliphatic rings. The highest BCUT2D eigenvalue weighted by Crippen LogP contribution is 2.38. The van der Waals surface area contributed by atoms with E-state index in [1.807, 2.05) is 60.7 Å². The summed E-state index contributed by atoms with van der Waals surface area (Å²) in [5, 5.41) is 0. The topological polar surface area (TPSA) is 122 Å². The van der Waals surface area contributed by atoms with Crippen molar-refractivity contribution in [2.45, 2.75) is 19.3 Å². The molecule has 0 radical (unpaired) electrons. The van der Waals surface area contributed by atoms with Crippen molar-refractivity contribution in [3.63, 3.8) is 0 Å². The van der Waals surface area contributed by atoms with Gasteiger partial charge in [-0.3, -0.25) is 24.0 Å². The van der Waals surface area contributed by atoms with Gasteiger partial charge in [0.2, 0.25) is 11.6 Å². The summed E-state index contributed by atoms with van der Waals surface area (Å²) in [7, 11) is 1.26. The summed E-state index contributed by atoms with van der Waals surface area (Å²) in [5.74, 6) is -3.48. The van der Waals surface area contributed by atoms with Gasteiger partial charge in [0.1, 0.15) is 11.5 Å². The van der Waals surface area contributed by atoms with Crippen LogP contribution < -0.4 is 9.47 Å². The first-order chi connectivity index (χ1) is 25.3. The van der Waals surface area contributed by atoms with E-state index in [9.17, 15) is 24.0 Å². The zero-order valence-electron chi connectivity index (χ0n) is 28.1.